The summed E-state index contributed by atoms with van der Waals surface area (Å²) in [6.45, 7) is 7.10. The van der Waals surface area contributed by atoms with Crippen LogP contribution in [0.2, 0.25) is 5.15 Å². The number of anilines is 1. The van der Waals surface area contributed by atoms with E-state index in [9.17, 15) is 9.18 Å². The monoisotopic (exact) mass is 496 g/mol. The average Bonchev–Trinajstić information content (AvgIpc) is 3.10. The fourth-order valence-electron chi connectivity index (χ4n) is 3.96. The number of hydrogen-bond donors (Lipinski definition) is 1. The number of carbonyl (C=O) groups is 1. The minimum atomic E-state index is -0.435. The average molecular weight is 497 g/mol. The molecule has 0 bridgehead atoms. The van der Waals surface area contributed by atoms with Crippen molar-refractivity contribution in [3.8, 4) is 17.0 Å². The molecule has 0 aliphatic heterocycles. The third kappa shape index (κ3) is 5.07. The lowest BCUT2D eigenvalue weighted by molar-refractivity contribution is 0.0522. The van der Waals surface area contributed by atoms with Crippen molar-refractivity contribution in [2.75, 3.05) is 25.1 Å². The molecule has 0 saturated carbocycles. The molecule has 2 aromatic heterocycles. The Bertz CT molecular complexity index is 1370. The van der Waals surface area contributed by atoms with Gasteiger partial charge in [0.05, 0.1) is 24.4 Å². The Hall–Kier alpha value is -3.65. The predicted octanol–water partition coefficient (Wildman–Crippen LogP) is 5.89. The van der Waals surface area contributed by atoms with Gasteiger partial charge in [-0.05, 0) is 44.5 Å². The molecule has 2 heterocycles. The van der Waals surface area contributed by atoms with Crippen molar-refractivity contribution in [1.29, 1.82) is 0 Å². The molecular weight excluding hydrogens is 471 g/mol. The largest absolute Gasteiger partial charge is 0.493 e. The molecule has 0 saturated heterocycles. The van der Waals surface area contributed by atoms with E-state index in [4.69, 9.17) is 21.1 Å². The molecule has 1 N–H and O–H groups in total. The van der Waals surface area contributed by atoms with Crippen molar-refractivity contribution < 1.29 is 18.7 Å². The van der Waals surface area contributed by atoms with Crippen LogP contribution in [0.1, 0.15) is 29.8 Å². The Morgan fingerprint density at radius 2 is 1.97 bits per heavy atom. The number of ether oxygens (including phenoxy) is 2. The van der Waals surface area contributed by atoms with Gasteiger partial charge in [-0.25, -0.2) is 19.2 Å². The van der Waals surface area contributed by atoms with Crippen LogP contribution in [-0.4, -0.2) is 40.3 Å². The number of hydrogen-bond acceptors (Lipinski definition) is 6. The highest BCUT2D eigenvalue weighted by atomic mass is 35.5. The van der Waals surface area contributed by atoms with Gasteiger partial charge in [0.2, 0.25) is 0 Å². The fourth-order valence-corrected chi connectivity index (χ4v) is 4.23. The number of nitrogens with one attached hydrogen (secondary N) is 1. The van der Waals surface area contributed by atoms with Crippen LogP contribution in [0.3, 0.4) is 0 Å². The maximum Gasteiger partial charge on any atom is 0.341 e. The summed E-state index contributed by atoms with van der Waals surface area (Å²) < 4.78 is 27.0. The third-order valence-corrected chi connectivity index (χ3v) is 6.08. The number of aromatic nitrogens is 3. The maximum atomic E-state index is 14.5. The second kappa shape index (κ2) is 10.7. The van der Waals surface area contributed by atoms with Crippen molar-refractivity contribution in [3.63, 3.8) is 0 Å². The molecule has 7 nitrogen and oxygen atoms in total. The topological polar surface area (TPSA) is 78.3 Å². The van der Waals surface area contributed by atoms with Gasteiger partial charge in [0.25, 0.3) is 0 Å². The molecule has 4 aromatic rings. The number of para-hydroxylation sites is 1. The summed E-state index contributed by atoms with van der Waals surface area (Å²) in [5.74, 6) is 0.295. The second-order valence-corrected chi connectivity index (χ2v) is 8.14. The van der Waals surface area contributed by atoms with E-state index in [1.54, 1.807) is 41.8 Å². The van der Waals surface area contributed by atoms with E-state index >= 15 is 0 Å². The number of halogens is 2. The van der Waals surface area contributed by atoms with Crippen molar-refractivity contribution >= 4 is 34.3 Å². The molecule has 0 aliphatic rings. The number of aryl methyl sites for hydroxylation is 1. The highest BCUT2D eigenvalue weighted by molar-refractivity contribution is 6.32. The normalized spacial score (nSPS) is 11.0. The zero-order chi connectivity index (χ0) is 24.9. The molecule has 0 spiro atoms. The van der Waals surface area contributed by atoms with Gasteiger partial charge < -0.3 is 19.4 Å². The van der Waals surface area contributed by atoms with Gasteiger partial charge in [0.15, 0.2) is 0 Å². The number of carbonyl (C=O) groups excluding carboxylic acids is 1. The lowest BCUT2D eigenvalue weighted by Gasteiger charge is -2.12. The summed E-state index contributed by atoms with van der Waals surface area (Å²) in [5, 5.41) is 4.57. The van der Waals surface area contributed by atoms with Gasteiger partial charge >= 0.3 is 5.97 Å². The van der Waals surface area contributed by atoms with E-state index < -0.39 is 5.97 Å². The van der Waals surface area contributed by atoms with Crippen molar-refractivity contribution in [1.82, 2.24) is 14.5 Å². The van der Waals surface area contributed by atoms with E-state index in [0.29, 0.717) is 53.2 Å². The molecule has 0 amide bonds. The van der Waals surface area contributed by atoms with Crippen molar-refractivity contribution in [2.24, 2.45) is 0 Å². The second-order valence-electron chi connectivity index (χ2n) is 7.78. The molecule has 0 radical (unpaired) electrons. The van der Waals surface area contributed by atoms with Crippen LogP contribution in [0, 0.1) is 12.7 Å². The van der Waals surface area contributed by atoms with Crippen LogP contribution in [0.15, 0.2) is 48.8 Å². The lowest BCUT2D eigenvalue weighted by atomic mass is 10.1. The molecular formula is C26H26ClFN4O3. The quantitative estimate of drug-likeness (QED) is 0.291. The standard InChI is InChI=1S/C26H26ClFN4O3/c1-4-34-22-13-17(9-10-19(22)26(33)35-5-2)21-14-23(31-15-30-21)29-11-12-32-24-18(16(3)25(32)27)7-6-8-20(24)28/h6-10,13-15H,4-5,11-12H2,1-3H3,(H,29,30,31). The van der Waals surface area contributed by atoms with Crippen LogP contribution in [0.4, 0.5) is 10.2 Å². The molecule has 2 aromatic carbocycles. The Labute approximate surface area is 207 Å². The molecule has 0 aliphatic carbocycles. The minimum Gasteiger partial charge on any atom is -0.493 e. The zero-order valence-corrected chi connectivity index (χ0v) is 20.5. The SMILES string of the molecule is CCOC(=O)c1ccc(-c2cc(NCCn3c(Cl)c(C)c4cccc(F)c43)ncn2)cc1OCC. The number of rotatable bonds is 9. The van der Waals surface area contributed by atoms with Gasteiger partial charge in [0, 0.05) is 30.1 Å². The summed E-state index contributed by atoms with van der Waals surface area (Å²) in [7, 11) is 0. The smallest absolute Gasteiger partial charge is 0.341 e. The van der Waals surface area contributed by atoms with Crippen LogP contribution >= 0.6 is 11.6 Å². The lowest BCUT2D eigenvalue weighted by Crippen LogP contribution is -2.12. The van der Waals surface area contributed by atoms with Crippen LogP contribution in [0.5, 0.6) is 5.75 Å². The summed E-state index contributed by atoms with van der Waals surface area (Å²) in [5.41, 5.74) is 3.13. The van der Waals surface area contributed by atoms with Gasteiger partial charge in [-0.15, -0.1) is 0 Å². The molecule has 0 unspecified atom stereocenters. The van der Waals surface area contributed by atoms with E-state index in [1.165, 1.54) is 12.4 Å². The van der Waals surface area contributed by atoms with E-state index in [0.717, 1.165) is 16.5 Å². The summed E-state index contributed by atoms with van der Waals surface area (Å²) in [6.07, 6.45) is 1.46. The van der Waals surface area contributed by atoms with Crippen LogP contribution in [-0.2, 0) is 11.3 Å². The fraction of sp³-hybridized carbons (Fsp3) is 0.269. The first-order valence-corrected chi connectivity index (χ1v) is 11.7. The Morgan fingerprint density at radius 3 is 2.74 bits per heavy atom. The minimum absolute atomic E-state index is 0.281. The molecule has 182 valence electrons. The first kappa shape index (κ1) is 24.5. The summed E-state index contributed by atoms with van der Waals surface area (Å²) >= 11 is 6.49. The van der Waals surface area contributed by atoms with Gasteiger partial charge in [-0.3, -0.25) is 0 Å². The van der Waals surface area contributed by atoms with E-state index in [2.05, 4.69) is 15.3 Å². The van der Waals surface area contributed by atoms with E-state index in [1.807, 2.05) is 19.9 Å². The van der Waals surface area contributed by atoms with Gasteiger partial charge in [-0.2, -0.15) is 0 Å². The maximum absolute atomic E-state index is 14.5. The third-order valence-electron chi connectivity index (χ3n) is 5.59. The number of nitrogens with zero attached hydrogens (tertiary/aromatic N) is 3. The molecule has 0 atom stereocenters. The molecule has 4 rings (SSSR count). The van der Waals surface area contributed by atoms with Crippen molar-refractivity contribution in [2.45, 2.75) is 27.3 Å². The Morgan fingerprint density at radius 1 is 1.14 bits per heavy atom. The molecule has 9 heteroatoms. The predicted molar refractivity (Wildman–Crippen MR) is 135 cm³/mol. The summed E-state index contributed by atoms with van der Waals surface area (Å²) in [6, 6.07) is 12.0. The Kier molecular flexibility index (Phi) is 7.51. The summed E-state index contributed by atoms with van der Waals surface area (Å²) in [4.78, 5) is 20.9. The number of fused-ring (bicyclic) bond motifs is 1. The highest BCUT2D eigenvalue weighted by Gasteiger charge is 2.17. The first-order chi connectivity index (χ1) is 16.9. The number of benzene rings is 2. The van der Waals surface area contributed by atoms with Gasteiger partial charge in [-0.1, -0.05) is 29.8 Å². The Balaban J connectivity index is 1.53. The van der Waals surface area contributed by atoms with Gasteiger partial charge in [0.1, 0.15) is 34.4 Å². The first-order valence-electron chi connectivity index (χ1n) is 11.4. The number of esters is 1. The molecule has 35 heavy (non-hydrogen) atoms. The highest BCUT2D eigenvalue weighted by Crippen LogP contribution is 2.31. The zero-order valence-electron chi connectivity index (χ0n) is 19.8. The molecule has 0 fully saturated rings. The van der Waals surface area contributed by atoms with E-state index in [-0.39, 0.29) is 12.4 Å². The van der Waals surface area contributed by atoms with Crippen LogP contribution in [0.25, 0.3) is 22.2 Å². The van der Waals surface area contributed by atoms with Crippen molar-refractivity contribution in [3.05, 3.63) is 70.9 Å². The van der Waals surface area contributed by atoms with Crippen LogP contribution < -0.4 is 10.1 Å².